The molecule has 2 aliphatic rings. The zero-order chi connectivity index (χ0) is 17.5. The minimum absolute atomic E-state index is 0.0106. The molecule has 6 nitrogen and oxygen atoms in total. The van der Waals surface area contributed by atoms with Gasteiger partial charge in [-0.25, -0.2) is 4.98 Å². The maximum absolute atomic E-state index is 12.7. The molecule has 1 saturated carbocycles. The third kappa shape index (κ3) is 3.09. The summed E-state index contributed by atoms with van der Waals surface area (Å²) in [6.45, 7) is 9.53. The first-order valence-electron chi connectivity index (χ1n) is 8.51. The third-order valence-corrected chi connectivity index (χ3v) is 5.02. The highest BCUT2D eigenvalue weighted by Crippen LogP contribution is 2.48. The van der Waals surface area contributed by atoms with Gasteiger partial charge in [-0.15, -0.1) is 0 Å². The van der Waals surface area contributed by atoms with E-state index in [2.05, 4.69) is 30.0 Å². The number of rotatable bonds is 6. The van der Waals surface area contributed by atoms with Gasteiger partial charge in [-0.2, -0.15) is 0 Å². The molecule has 0 bridgehead atoms. The van der Waals surface area contributed by atoms with Crippen molar-refractivity contribution in [2.24, 2.45) is 11.3 Å². The van der Waals surface area contributed by atoms with Crippen LogP contribution in [0.15, 0.2) is 25.0 Å². The second kappa shape index (κ2) is 6.07. The van der Waals surface area contributed by atoms with Gasteiger partial charge in [-0.1, -0.05) is 20.4 Å². The Labute approximate surface area is 143 Å². The van der Waals surface area contributed by atoms with E-state index in [4.69, 9.17) is 0 Å². The van der Waals surface area contributed by atoms with Gasteiger partial charge in [0.25, 0.3) is 0 Å². The van der Waals surface area contributed by atoms with Crippen molar-refractivity contribution >= 4 is 11.8 Å². The number of hydrogen-bond acceptors (Lipinski definition) is 3. The number of hydrogen-bond donors (Lipinski definition) is 0. The molecule has 2 amide bonds. The fraction of sp³-hybridized carbons (Fsp3) is 0.611. The Kier molecular flexibility index (Phi) is 4.24. The van der Waals surface area contributed by atoms with Crippen LogP contribution in [-0.4, -0.2) is 51.3 Å². The van der Waals surface area contributed by atoms with E-state index in [0.717, 1.165) is 18.3 Å². The maximum Gasteiger partial charge on any atom is 0.246 e. The number of aromatic nitrogens is 2. The molecule has 6 heteroatoms. The van der Waals surface area contributed by atoms with Gasteiger partial charge >= 0.3 is 0 Å². The van der Waals surface area contributed by atoms with Crippen LogP contribution in [-0.2, 0) is 16.1 Å². The lowest BCUT2D eigenvalue weighted by molar-refractivity contribution is -0.155. The van der Waals surface area contributed by atoms with Gasteiger partial charge in [0.2, 0.25) is 11.8 Å². The van der Waals surface area contributed by atoms with Crippen LogP contribution in [0.5, 0.6) is 0 Å². The molecule has 1 aliphatic heterocycles. The Morgan fingerprint density at radius 2 is 2.17 bits per heavy atom. The predicted molar refractivity (Wildman–Crippen MR) is 91.0 cm³/mol. The number of likely N-dealkylation sites (tertiary alicyclic amines) is 1. The van der Waals surface area contributed by atoms with Gasteiger partial charge in [-0.3, -0.25) is 9.59 Å². The lowest BCUT2D eigenvalue weighted by Crippen LogP contribution is -2.60. The number of amides is 2. The van der Waals surface area contributed by atoms with Crippen LogP contribution in [0.1, 0.15) is 38.6 Å². The number of carbonyl (C=O) groups is 2. The van der Waals surface area contributed by atoms with Gasteiger partial charge in [0.1, 0.15) is 5.82 Å². The Hall–Kier alpha value is -2.11. The molecule has 1 aromatic heterocycles. The van der Waals surface area contributed by atoms with Crippen molar-refractivity contribution < 1.29 is 9.59 Å². The first kappa shape index (κ1) is 16.7. The first-order valence-corrected chi connectivity index (χ1v) is 8.51. The Morgan fingerprint density at radius 3 is 2.75 bits per heavy atom. The molecule has 0 radical (unpaired) electrons. The van der Waals surface area contributed by atoms with Crippen molar-refractivity contribution in [3.8, 4) is 0 Å². The average molecular weight is 330 g/mol. The van der Waals surface area contributed by atoms with Crippen LogP contribution < -0.4 is 0 Å². The molecular weight excluding hydrogens is 304 g/mol. The summed E-state index contributed by atoms with van der Waals surface area (Å²) >= 11 is 0. The molecule has 24 heavy (non-hydrogen) atoms. The highest BCUT2D eigenvalue weighted by atomic mass is 16.2. The van der Waals surface area contributed by atoms with E-state index in [1.807, 2.05) is 17.3 Å². The smallest absolute Gasteiger partial charge is 0.246 e. The molecule has 1 saturated heterocycles. The summed E-state index contributed by atoms with van der Waals surface area (Å²) in [6, 6.07) is -0.0361. The number of nitrogens with zero attached hydrogens (tertiary/aromatic N) is 4. The van der Waals surface area contributed by atoms with Crippen LogP contribution in [0, 0.1) is 11.3 Å². The predicted octanol–water partition coefficient (Wildman–Crippen LogP) is 1.85. The Bertz CT molecular complexity index is 660. The van der Waals surface area contributed by atoms with E-state index in [0.29, 0.717) is 6.54 Å². The summed E-state index contributed by atoms with van der Waals surface area (Å²) in [4.78, 5) is 32.1. The highest BCUT2D eigenvalue weighted by Gasteiger charge is 2.51. The van der Waals surface area contributed by atoms with Gasteiger partial charge in [-0.05, 0) is 24.8 Å². The van der Waals surface area contributed by atoms with Gasteiger partial charge in [0, 0.05) is 37.9 Å². The Morgan fingerprint density at radius 1 is 1.46 bits per heavy atom. The molecule has 0 N–H and O–H groups in total. The molecule has 3 rings (SSSR count). The van der Waals surface area contributed by atoms with E-state index in [1.165, 1.54) is 23.8 Å². The van der Waals surface area contributed by atoms with Gasteiger partial charge < -0.3 is 14.4 Å². The fourth-order valence-electron chi connectivity index (χ4n) is 3.48. The zero-order valence-corrected chi connectivity index (χ0v) is 14.7. The van der Waals surface area contributed by atoms with E-state index in [9.17, 15) is 9.59 Å². The maximum atomic E-state index is 12.7. The second-order valence-corrected chi connectivity index (χ2v) is 7.69. The van der Waals surface area contributed by atoms with Gasteiger partial charge in [0.05, 0.1) is 12.6 Å². The van der Waals surface area contributed by atoms with Crippen molar-refractivity contribution in [1.82, 2.24) is 19.4 Å². The topological polar surface area (TPSA) is 58.4 Å². The lowest BCUT2D eigenvalue weighted by Gasteiger charge is -2.54. The largest absolute Gasteiger partial charge is 0.333 e. The summed E-state index contributed by atoms with van der Waals surface area (Å²) in [5.74, 6) is 1.43. The second-order valence-electron chi connectivity index (χ2n) is 7.69. The van der Waals surface area contributed by atoms with Crippen LogP contribution in [0.3, 0.4) is 0 Å². The molecule has 2 fully saturated rings. The number of carbonyl (C=O) groups excluding carboxylic acids is 2. The van der Waals surface area contributed by atoms with E-state index >= 15 is 0 Å². The van der Waals surface area contributed by atoms with Crippen molar-refractivity contribution in [3.63, 3.8) is 0 Å². The highest BCUT2D eigenvalue weighted by molar-refractivity contribution is 5.91. The standard InChI is InChI=1S/C18H26N4O2/c1-5-14(23)20(4)11-15(24)22-12-18(2,3)16(22)17-19-8-9-21(17)10-13-6-7-13/h5,8-9,13,16H,1,6-7,10-12H2,2-4H3. The summed E-state index contributed by atoms with van der Waals surface area (Å²) in [5, 5.41) is 0. The minimum atomic E-state index is -0.241. The van der Waals surface area contributed by atoms with Crippen LogP contribution in [0.4, 0.5) is 0 Å². The summed E-state index contributed by atoms with van der Waals surface area (Å²) in [6.07, 6.45) is 7.62. The van der Waals surface area contributed by atoms with E-state index < -0.39 is 0 Å². The normalized spacial score (nSPS) is 22.0. The fourth-order valence-corrected chi connectivity index (χ4v) is 3.48. The number of likely N-dealkylation sites (N-methyl/N-ethyl adjacent to an activating group) is 1. The quantitative estimate of drug-likeness (QED) is 0.748. The monoisotopic (exact) mass is 330 g/mol. The third-order valence-electron chi connectivity index (χ3n) is 5.02. The average Bonchev–Trinajstić information content (AvgIpc) is 3.23. The van der Waals surface area contributed by atoms with Crippen molar-refractivity contribution in [2.75, 3.05) is 20.1 Å². The van der Waals surface area contributed by atoms with Crippen LogP contribution in [0.25, 0.3) is 0 Å². The van der Waals surface area contributed by atoms with Crippen LogP contribution in [0.2, 0.25) is 0 Å². The molecule has 1 atom stereocenters. The first-order chi connectivity index (χ1) is 11.3. The minimum Gasteiger partial charge on any atom is -0.333 e. The SMILES string of the molecule is C=CC(=O)N(C)CC(=O)N1CC(C)(C)C1c1nccn1CC1CC1. The molecule has 130 valence electrons. The van der Waals surface area contributed by atoms with Gasteiger partial charge in [0.15, 0.2) is 0 Å². The lowest BCUT2D eigenvalue weighted by atomic mass is 9.74. The van der Waals surface area contributed by atoms with Crippen molar-refractivity contribution in [1.29, 1.82) is 0 Å². The number of imidazole rings is 1. The van der Waals surface area contributed by atoms with Crippen LogP contribution >= 0.6 is 0 Å². The molecule has 2 heterocycles. The molecule has 0 aromatic carbocycles. The molecule has 0 spiro atoms. The molecule has 1 aliphatic carbocycles. The Balaban J connectivity index is 1.75. The summed E-state index contributed by atoms with van der Waals surface area (Å²) < 4.78 is 2.20. The van der Waals surface area contributed by atoms with E-state index in [-0.39, 0.29) is 29.8 Å². The summed E-state index contributed by atoms with van der Waals surface area (Å²) in [5.41, 5.74) is -0.0106. The molecule has 1 unspecified atom stereocenters. The molecular formula is C18H26N4O2. The molecule has 1 aromatic rings. The zero-order valence-electron chi connectivity index (χ0n) is 14.7. The van der Waals surface area contributed by atoms with Crippen molar-refractivity contribution in [3.05, 3.63) is 30.9 Å². The van der Waals surface area contributed by atoms with Crippen molar-refractivity contribution in [2.45, 2.75) is 39.3 Å². The summed E-state index contributed by atoms with van der Waals surface area (Å²) in [7, 11) is 1.62. The van der Waals surface area contributed by atoms with E-state index in [1.54, 1.807) is 7.05 Å².